The number of hydrogen-bond acceptors (Lipinski definition) is 6. The number of likely N-dealkylation sites (N-methyl/N-ethyl adjacent to an activating group) is 1. The zero-order chi connectivity index (χ0) is 22.4. The normalized spacial score (nSPS) is 13.7. The van der Waals surface area contributed by atoms with Gasteiger partial charge in [-0.1, -0.05) is 12.1 Å². The minimum Gasteiger partial charge on any atom is -0.505 e. The van der Waals surface area contributed by atoms with E-state index in [0.717, 1.165) is 5.56 Å². The third-order valence-electron chi connectivity index (χ3n) is 4.82. The minimum absolute atomic E-state index is 0.111. The van der Waals surface area contributed by atoms with Crippen LogP contribution in [0.5, 0.6) is 0 Å². The highest BCUT2D eigenvalue weighted by atomic mass is 19.1. The Morgan fingerprint density at radius 1 is 1.29 bits per heavy atom. The number of ether oxygens (including phenoxy) is 1. The highest BCUT2D eigenvalue weighted by molar-refractivity contribution is 5.91. The Hall–Kier alpha value is -3.52. The number of carbonyl (C=O) groups is 2. The molecule has 1 aromatic heterocycles. The third-order valence-corrected chi connectivity index (χ3v) is 4.82. The van der Waals surface area contributed by atoms with Gasteiger partial charge in [0.2, 0.25) is 0 Å². The Balaban J connectivity index is 1.97. The number of hydrogen-bond donors (Lipinski definition) is 2. The highest BCUT2D eigenvalue weighted by Crippen LogP contribution is 2.23. The van der Waals surface area contributed by atoms with Crippen molar-refractivity contribution < 1.29 is 23.8 Å². The number of halogens is 1. The molecule has 1 aliphatic carbocycles. The summed E-state index contributed by atoms with van der Waals surface area (Å²) in [5, 5.41) is 14.0. The van der Waals surface area contributed by atoms with Gasteiger partial charge in [0.1, 0.15) is 16.9 Å². The third kappa shape index (κ3) is 5.35. The average Bonchev–Trinajstić information content (AvgIpc) is 2.85. The molecule has 1 amide bonds. The van der Waals surface area contributed by atoms with Gasteiger partial charge in [0.15, 0.2) is 12.0 Å². The number of rotatable bonds is 7. The quantitative estimate of drug-likeness (QED) is 0.657. The molecule has 0 saturated carbocycles. The predicted octanol–water partition coefficient (Wildman–Crippen LogP) is 1.77. The lowest BCUT2D eigenvalue weighted by Crippen LogP contribution is -2.34. The lowest BCUT2D eigenvalue weighted by molar-refractivity contribution is -0.104. The van der Waals surface area contributed by atoms with Crippen LogP contribution < -0.4 is 15.9 Å². The van der Waals surface area contributed by atoms with Crippen LogP contribution in [-0.2, 0) is 16.1 Å². The number of aldehydes is 1. The molecule has 2 N–H and O–H groups in total. The summed E-state index contributed by atoms with van der Waals surface area (Å²) < 4.78 is 18.7. The van der Waals surface area contributed by atoms with Gasteiger partial charge in [-0.2, -0.15) is 0 Å². The molecule has 0 bridgehead atoms. The number of amides is 1. The van der Waals surface area contributed by atoms with Crippen molar-refractivity contribution in [1.29, 1.82) is 0 Å². The fourth-order valence-electron chi connectivity index (χ4n) is 3.45. The van der Waals surface area contributed by atoms with E-state index in [-0.39, 0.29) is 28.9 Å². The van der Waals surface area contributed by atoms with Crippen LogP contribution in [0.15, 0.2) is 53.7 Å². The van der Waals surface area contributed by atoms with Crippen molar-refractivity contribution >= 4 is 23.9 Å². The lowest BCUT2D eigenvalue weighted by atomic mass is 10.0. The fourth-order valence-corrected chi connectivity index (χ4v) is 3.45. The van der Waals surface area contributed by atoms with Crippen LogP contribution in [0.3, 0.4) is 0 Å². The summed E-state index contributed by atoms with van der Waals surface area (Å²) in [4.78, 5) is 30.1. The molecule has 162 valence electrons. The summed E-state index contributed by atoms with van der Waals surface area (Å²) in [6.45, 7) is 2.97. The number of aliphatic hydroxyl groups is 1. The van der Waals surface area contributed by atoms with E-state index in [1.54, 1.807) is 31.2 Å². The number of benzene rings is 1. The van der Waals surface area contributed by atoms with Gasteiger partial charge >= 0.3 is 6.09 Å². The predicted molar refractivity (Wildman–Crippen MR) is 114 cm³/mol. The number of carbonyl (C=O) groups excluding carboxylic acids is 2. The van der Waals surface area contributed by atoms with Crippen molar-refractivity contribution in [2.75, 3.05) is 20.1 Å². The lowest BCUT2D eigenvalue weighted by Gasteiger charge is -2.20. The number of alkyl carbamates (subject to hydrolysis) is 1. The van der Waals surface area contributed by atoms with Crippen LogP contribution in [0.1, 0.15) is 18.9 Å². The second kappa shape index (κ2) is 9.99. The first-order valence-corrected chi connectivity index (χ1v) is 9.86. The summed E-state index contributed by atoms with van der Waals surface area (Å²) in [7, 11) is 1.84. The van der Waals surface area contributed by atoms with Gasteiger partial charge < -0.3 is 15.2 Å². The maximum atomic E-state index is 13.2. The molecule has 7 nitrogen and oxygen atoms in total. The second-order valence-corrected chi connectivity index (χ2v) is 7.20. The van der Waals surface area contributed by atoms with E-state index < -0.39 is 6.09 Å². The Kier molecular flexibility index (Phi) is 7.15. The van der Waals surface area contributed by atoms with Crippen molar-refractivity contribution in [2.45, 2.75) is 19.9 Å². The molecule has 0 fully saturated rings. The van der Waals surface area contributed by atoms with E-state index in [4.69, 9.17) is 4.74 Å². The van der Waals surface area contributed by atoms with E-state index in [0.29, 0.717) is 42.5 Å². The molecule has 2 aromatic rings. The van der Waals surface area contributed by atoms with Gasteiger partial charge in [0, 0.05) is 37.5 Å². The molecule has 0 atom stereocenters. The molecule has 8 heteroatoms. The molecule has 0 unspecified atom stereocenters. The Labute approximate surface area is 179 Å². The number of nitrogens with one attached hydrogen (secondary N) is 1. The van der Waals surface area contributed by atoms with Crippen LogP contribution >= 0.6 is 0 Å². The molecule has 1 aromatic carbocycles. The van der Waals surface area contributed by atoms with Crippen LogP contribution in [0.25, 0.3) is 11.5 Å². The maximum absolute atomic E-state index is 13.2. The van der Waals surface area contributed by atoms with Gasteiger partial charge in [-0.15, -0.1) is 0 Å². The first kappa shape index (κ1) is 22.2. The monoisotopic (exact) mass is 425 g/mol. The maximum Gasteiger partial charge on any atom is 0.412 e. The number of pyridine rings is 1. The van der Waals surface area contributed by atoms with E-state index >= 15 is 0 Å². The summed E-state index contributed by atoms with van der Waals surface area (Å²) in [5.41, 5.74) is 1.58. The number of aromatic nitrogens is 1. The molecule has 0 aliphatic heterocycles. The summed E-state index contributed by atoms with van der Waals surface area (Å²) in [5.74, 6) is -0.277. The highest BCUT2D eigenvalue weighted by Gasteiger charge is 2.22. The number of nitrogens with zero attached hydrogens (tertiary/aromatic N) is 2. The molecule has 1 aliphatic rings. The number of fused-ring (bicyclic) bond motifs is 1. The van der Waals surface area contributed by atoms with Crippen molar-refractivity contribution in [1.82, 2.24) is 15.2 Å². The molecular formula is C23H24FN3O4. The zero-order valence-corrected chi connectivity index (χ0v) is 17.4. The van der Waals surface area contributed by atoms with Gasteiger partial charge in [0.05, 0.1) is 5.57 Å². The SMILES string of the molecule is CCNC(=O)OC1=c2cccnc2=C(O)C(C=O)=C(CN(C)Cc2ccc(F)cc2)C1. The van der Waals surface area contributed by atoms with Crippen LogP contribution in [0.2, 0.25) is 0 Å². The molecule has 1 heterocycles. The van der Waals surface area contributed by atoms with E-state index in [1.807, 2.05) is 11.9 Å². The average molecular weight is 425 g/mol. The summed E-state index contributed by atoms with van der Waals surface area (Å²) >= 11 is 0. The van der Waals surface area contributed by atoms with Crippen molar-refractivity contribution in [3.63, 3.8) is 0 Å². The first-order chi connectivity index (χ1) is 14.9. The number of aliphatic hydroxyl groups excluding tert-OH is 1. The van der Waals surface area contributed by atoms with Gasteiger partial charge in [-0.05, 0) is 49.4 Å². The molecule has 31 heavy (non-hydrogen) atoms. The molecule has 0 spiro atoms. The van der Waals surface area contributed by atoms with Crippen LogP contribution in [0.4, 0.5) is 9.18 Å². The molecule has 0 saturated heterocycles. The smallest absolute Gasteiger partial charge is 0.412 e. The molecule has 3 rings (SSSR count). The van der Waals surface area contributed by atoms with Crippen molar-refractivity contribution in [3.8, 4) is 0 Å². The zero-order valence-electron chi connectivity index (χ0n) is 17.4. The summed E-state index contributed by atoms with van der Waals surface area (Å²) in [6.07, 6.45) is 1.60. The molecular weight excluding hydrogens is 401 g/mol. The van der Waals surface area contributed by atoms with Gasteiger partial charge in [0.25, 0.3) is 0 Å². The Morgan fingerprint density at radius 3 is 2.71 bits per heavy atom. The van der Waals surface area contributed by atoms with E-state index in [2.05, 4.69) is 10.3 Å². The Bertz CT molecular complexity index is 1130. The van der Waals surface area contributed by atoms with Crippen LogP contribution in [-0.4, -0.2) is 47.5 Å². The van der Waals surface area contributed by atoms with Gasteiger partial charge in [-0.3, -0.25) is 14.7 Å². The second-order valence-electron chi connectivity index (χ2n) is 7.20. The topological polar surface area (TPSA) is 91.8 Å². The van der Waals surface area contributed by atoms with E-state index in [1.165, 1.54) is 18.3 Å². The van der Waals surface area contributed by atoms with Crippen molar-refractivity contribution in [3.05, 3.63) is 75.7 Å². The summed E-state index contributed by atoms with van der Waals surface area (Å²) in [6, 6.07) is 9.50. The fraction of sp³-hybridized carbons (Fsp3) is 0.261. The van der Waals surface area contributed by atoms with Crippen LogP contribution in [0, 0.1) is 5.82 Å². The standard InChI is InChI=1S/C23H24FN3O4/c1-3-25-23(30)31-20-11-16(13-27(2)12-15-6-8-17(24)9-7-15)19(14-28)22(29)21-18(20)5-4-10-26-21/h4-10,14,29H,3,11-13H2,1-2H3,(H,25,30). The van der Waals surface area contributed by atoms with Gasteiger partial charge in [-0.25, -0.2) is 9.18 Å². The van der Waals surface area contributed by atoms with E-state index in [9.17, 15) is 19.1 Å². The minimum atomic E-state index is -0.625. The molecule has 0 radical (unpaired) electrons. The first-order valence-electron chi connectivity index (χ1n) is 9.86. The largest absolute Gasteiger partial charge is 0.505 e. The van der Waals surface area contributed by atoms with Crippen molar-refractivity contribution in [2.24, 2.45) is 0 Å². The Morgan fingerprint density at radius 2 is 2.03 bits per heavy atom.